The number of aliphatic hydroxyl groups excluding tert-OH is 1. The third kappa shape index (κ3) is 6.44. The summed E-state index contributed by atoms with van der Waals surface area (Å²) >= 11 is 0. The fourth-order valence-corrected chi connectivity index (χ4v) is 2.36. The molecule has 0 aromatic heterocycles. The molecule has 0 fully saturated rings. The number of nitrogens with zero attached hydrogens (tertiary/aromatic N) is 1. The van der Waals surface area contributed by atoms with Crippen molar-refractivity contribution in [2.45, 2.75) is 45.1 Å². The van der Waals surface area contributed by atoms with Gasteiger partial charge in [-0.15, -0.1) is 0 Å². The lowest BCUT2D eigenvalue weighted by Crippen LogP contribution is -2.46. The Morgan fingerprint density at radius 2 is 2.10 bits per heavy atom. The van der Waals surface area contributed by atoms with Crippen molar-refractivity contribution in [1.29, 1.82) is 0 Å². The Labute approximate surface area is 128 Å². The third-order valence-electron chi connectivity index (χ3n) is 3.87. The molecule has 1 unspecified atom stereocenters. The van der Waals surface area contributed by atoms with Crippen molar-refractivity contribution in [3.8, 4) is 0 Å². The smallest absolute Gasteiger partial charge is 0.125 e. The summed E-state index contributed by atoms with van der Waals surface area (Å²) < 4.78 is 13.2. The molecule has 120 valence electrons. The van der Waals surface area contributed by atoms with E-state index in [1.165, 1.54) is 6.07 Å². The summed E-state index contributed by atoms with van der Waals surface area (Å²) in [6.07, 6.45) is 4.07. The van der Waals surface area contributed by atoms with Gasteiger partial charge in [-0.05, 0) is 57.4 Å². The Bertz CT molecular complexity index is 414. The molecule has 0 radical (unpaired) electrons. The van der Waals surface area contributed by atoms with E-state index in [-0.39, 0.29) is 18.0 Å². The van der Waals surface area contributed by atoms with Gasteiger partial charge < -0.3 is 15.3 Å². The molecular weight excluding hydrogens is 267 g/mol. The number of unbranched alkanes of at least 4 members (excludes halogenated alkanes) is 1. The van der Waals surface area contributed by atoms with Gasteiger partial charge in [0.2, 0.25) is 0 Å². The molecule has 21 heavy (non-hydrogen) atoms. The minimum atomic E-state index is -0.198. The van der Waals surface area contributed by atoms with Crippen molar-refractivity contribution in [2.75, 3.05) is 31.6 Å². The Hall–Kier alpha value is -1.13. The number of rotatable bonds is 10. The molecule has 0 spiro atoms. The molecule has 2 N–H and O–H groups in total. The second kappa shape index (κ2) is 9.00. The van der Waals surface area contributed by atoms with Gasteiger partial charge in [0.05, 0.1) is 6.61 Å². The van der Waals surface area contributed by atoms with Crippen LogP contribution in [0.5, 0.6) is 0 Å². The summed E-state index contributed by atoms with van der Waals surface area (Å²) in [5.41, 5.74) is 0.719. The molecule has 0 saturated carbocycles. The molecule has 0 aliphatic carbocycles. The molecule has 0 saturated heterocycles. The highest BCUT2D eigenvalue weighted by atomic mass is 19.1. The summed E-state index contributed by atoms with van der Waals surface area (Å²) in [7, 11) is 1.98. The minimum absolute atomic E-state index is 0.159. The lowest BCUT2D eigenvalue weighted by Gasteiger charge is -2.29. The minimum Gasteiger partial charge on any atom is -0.394 e. The summed E-state index contributed by atoms with van der Waals surface area (Å²) in [6.45, 7) is 6.17. The number of benzene rings is 1. The number of anilines is 1. The van der Waals surface area contributed by atoms with Crippen LogP contribution < -0.4 is 10.2 Å². The van der Waals surface area contributed by atoms with Crippen molar-refractivity contribution >= 4 is 5.69 Å². The largest absolute Gasteiger partial charge is 0.394 e. The molecule has 1 aromatic rings. The highest BCUT2D eigenvalue weighted by Crippen LogP contribution is 2.17. The fourth-order valence-electron chi connectivity index (χ4n) is 2.36. The molecule has 1 rings (SSSR count). The van der Waals surface area contributed by atoms with Gasteiger partial charge in [-0.1, -0.05) is 13.0 Å². The average Bonchev–Trinajstić information content (AvgIpc) is 2.49. The van der Waals surface area contributed by atoms with E-state index in [4.69, 9.17) is 0 Å². The molecule has 1 aromatic carbocycles. The maximum Gasteiger partial charge on any atom is 0.125 e. The predicted molar refractivity (Wildman–Crippen MR) is 87.3 cm³/mol. The van der Waals surface area contributed by atoms with Crippen molar-refractivity contribution in [3.05, 3.63) is 30.1 Å². The molecule has 3 nitrogen and oxygen atoms in total. The van der Waals surface area contributed by atoms with Gasteiger partial charge in [0.1, 0.15) is 5.82 Å². The zero-order valence-electron chi connectivity index (χ0n) is 13.5. The van der Waals surface area contributed by atoms with E-state index < -0.39 is 0 Å². The van der Waals surface area contributed by atoms with Gasteiger partial charge in [0.25, 0.3) is 0 Å². The monoisotopic (exact) mass is 296 g/mol. The normalized spacial score (nSPS) is 14.0. The molecule has 4 heteroatoms. The standard InChI is InChI=1S/C17H29FN2O/c1-4-11-19-17(2,14-21)10-5-6-12-20(3)16-9-7-8-15(18)13-16/h7-9,13,19,21H,4-6,10-12,14H2,1-3H3. The van der Waals surface area contributed by atoms with Crippen LogP contribution in [0, 0.1) is 5.82 Å². The highest BCUT2D eigenvalue weighted by molar-refractivity contribution is 5.45. The fraction of sp³-hybridized carbons (Fsp3) is 0.647. The maximum atomic E-state index is 13.2. The molecular formula is C17H29FN2O. The average molecular weight is 296 g/mol. The van der Waals surface area contributed by atoms with E-state index in [9.17, 15) is 9.50 Å². The van der Waals surface area contributed by atoms with Gasteiger partial charge in [-0.25, -0.2) is 4.39 Å². The number of aliphatic hydroxyl groups is 1. The topological polar surface area (TPSA) is 35.5 Å². The first kappa shape index (κ1) is 17.9. The number of halogens is 1. The molecule has 0 amide bonds. The first-order valence-electron chi connectivity index (χ1n) is 7.83. The van der Waals surface area contributed by atoms with Crippen molar-refractivity contribution in [1.82, 2.24) is 5.32 Å². The molecule has 1 atom stereocenters. The summed E-state index contributed by atoms with van der Waals surface area (Å²) in [6, 6.07) is 6.67. The number of hydrogen-bond donors (Lipinski definition) is 2. The van der Waals surface area contributed by atoms with E-state index in [0.717, 1.165) is 44.5 Å². The number of hydrogen-bond acceptors (Lipinski definition) is 3. The van der Waals surface area contributed by atoms with Crippen LogP contribution in [-0.4, -0.2) is 37.4 Å². The van der Waals surface area contributed by atoms with E-state index in [2.05, 4.69) is 24.1 Å². The van der Waals surface area contributed by atoms with Crippen LogP contribution in [0.15, 0.2) is 24.3 Å². The van der Waals surface area contributed by atoms with Crippen LogP contribution in [0.25, 0.3) is 0 Å². The number of nitrogens with one attached hydrogen (secondary N) is 1. The molecule has 0 bridgehead atoms. The molecule has 0 aliphatic heterocycles. The van der Waals surface area contributed by atoms with Crippen LogP contribution in [0.4, 0.5) is 10.1 Å². The SMILES string of the molecule is CCCNC(C)(CO)CCCCN(C)c1cccc(F)c1. The second-order valence-corrected chi connectivity index (χ2v) is 6.00. The Morgan fingerprint density at radius 3 is 2.71 bits per heavy atom. The van der Waals surface area contributed by atoms with Gasteiger partial charge in [-0.2, -0.15) is 0 Å². The quantitative estimate of drug-likeness (QED) is 0.651. The first-order valence-corrected chi connectivity index (χ1v) is 7.83. The van der Waals surface area contributed by atoms with Gasteiger partial charge in [0.15, 0.2) is 0 Å². The summed E-state index contributed by atoms with van der Waals surface area (Å²) in [5, 5.41) is 12.9. The first-order chi connectivity index (χ1) is 10.0. The molecule has 0 aliphatic rings. The highest BCUT2D eigenvalue weighted by Gasteiger charge is 2.21. The third-order valence-corrected chi connectivity index (χ3v) is 3.87. The summed E-state index contributed by atoms with van der Waals surface area (Å²) in [4.78, 5) is 2.07. The lowest BCUT2D eigenvalue weighted by molar-refractivity contribution is 0.163. The van der Waals surface area contributed by atoms with Gasteiger partial charge in [-0.3, -0.25) is 0 Å². The van der Waals surface area contributed by atoms with Gasteiger partial charge >= 0.3 is 0 Å². The van der Waals surface area contributed by atoms with Gasteiger partial charge in [0, 0.05) is 24.8 Å². The lowest BCUT2D eigenvalue weighted by atomic mass is 9.95. The zero-order valence-corrected chi connectivity index (χ0v) is 13.5. The van der Waals surface area contributed by atoms with Crippen molar-refractivity contribution in [3.63, 3.8) is 0 Å². The van der Waals surface area contributed by atoms with Crippen molar-refractivity contribution in [2.24, 2.45) is 0 Å². The zero-order chi connectivity index (χ0) is 15.7. The van der Waals surface area contributed by atoms with E-state index in [0.29, 0.717) is 0 Å². The Morgan fingerprint density at radius 1 is 1.33 bits per heavy atom. The van der Waals surface area contributed by atoms with E-state index in [1.54, 1.807) is 12.1 Å². The second-order valence-electron chi connectivity index (χ2n) is 6.00. The van der Waals surface area contributed by atoms with E-state index in [1.807, 2.05) is 13.1 Å². The van der Waals surface area contributed by atoms with Crippen LogP contribution in [0.2, 0.25) is 0 Å². The van der Waals surface area contributed by atoms with E-state index >= 15 is 0 Å². The van der Waals surface area contributed by atoms with Crippen LogP contribution in [-0.2, 0) is 0 Å². The Balaban J connectivity index is 2.32. The maximum absolute atomic E-state index is 13.2. The summed E-state index contributed by atoms with van der Waals surface area (Å²) in [5.74, 6) is -0.198. The Kier molecular flexibility index (Phi) is 7.68. The van der Waals surface area contributed by atoms with Crippen LogP contribution in [0.1, 0.15) is 39.5 Å². The van der Waals surface area contributed by atoms with Crippen LogP contribution in [0.3, 0.4) is 0 Å². The van der Waals surface area contributed by atoms with Crippen LogP contribution >= 0.6 is 0 Å². The predicted octanol–water partition coefficient (Wildman–Crippen LogP) is 3.18. The van der Waals surface area contributed by atoms with Crippen molar-refractivity contribution < 1.29 is 9.50 Å². The molecule has 0 heterocycles.